The summed E-state index contributed by atoms with van der Waals surface area (Å²) in [6, 6.07) is 17.4. The van der Waals surface area contributed by atoms with Gasteiger partial charge in [0.05, 0.1) is 4.88 Å². The molecule has 0 bridgehead atoms. The van der Waals surface area contributed by atoms with Crippen molar-refractivity contribution < 1.29 is 4.79 Å². The number of hydrogen-bond donors (Lipinski definition) is 2. The van der Waals surface area contributed by atoms with Crippen LogP contribution in [0, 0.1) is 13.8 Å². The number of carbonyl (C=O) groups excluding carboxylic acids is 1. The van der Waals surface area contributed by atoms with Gasteiger partial charge in [-0.2, -0.15) is 5.10 Å². The number of thiophene rings is 1. The van der Waals surface area contributed by atoms with Crippen molar-refractivity contribution in [3.05, 3.63) is 82.3 Å². The Kier molecular flexibility index (Phi) is 4.26. The minimum Gasteiger partial charge on any atom is -0.337 e. The van der Waals surface area contributed by atoms with Gasteiger partial charge in [0.2, 0.25) is 0 Å². The number of amides is 1. The lowest BCUT2D eigenvalue weighted by atomic mass is 10.1. The summed E-state index contributed by atoms with van der Waals surface area (Å²) in [5.41, 5.74) is 1.94. The lowest BCUT2D eigenvalue weighted by Crippen LogP contribution is -2.30. The summed E-state index contributed by atoms with van der Waals surface area (Å²) < 4.78 is 1.11. The third kappa shape index (κ3) is 2.99. The monoisotopic (exact) mass is 362 g/mol. The first-order chi connectivity index (χ1) is 12.6. The van der Waals surface area contributed by atoms with Crippen molar-refractivity contribution in [2.75, 3.05) is 0 Å². The van der Waals surface area contributed by atoms with Crippen LogP contribution in [0.4, 0.5) is 0 Å². The predicted molar refractivity (Wildman–Crippen MR) is 103 cm³/mol. The zero-order chi connectivity index (χ0) is 18.1. The molecule has 0 saturated carbocycles. The summed E-state index contributed by atoms with van der Waals surface area (Å²) in [6.45, 7) is 3.83. The van der Waals surface area contributed by atoms with Crippen LogP contribution in [-0.4, -0.2) is 21.1 Å². The van der Waals surface area contributed by atoms with Crippen LogP contribution >= 0.6 is 11.3 Å². The summed E-state index contributed by atoms with van der Waals surface area (Å²) in [4.78, 5) is 18.2. The summed E-state index contributed by atoms with van der Waals surface area (Å²) in [5.74, 6) is 1.16. The maximum atomic E-state index is 13.0. The molecule has 1 amide bonds. The molecular weight excluding hydrogens is 344 g/mol. The summed E-state index contributed by atoms with van der Waals surface area (Å²) in [5, 5.41) is 11.3. The van der Waals surface area contributed by atoms with Gasteiger partial charge in [0.1, 0.15) is 11.9 Å². The number of hydrogen-bond acceptors (Lipinski definition) is 4. The molecule has 0 spiro atoms. The fourth-order valence-corrected chi connectivity index (χ4v) is 4.13. The molecule has 1 unspecified atom stereocenters. The van der Waals surface area contributed by atoms with Gasteiger partial charge in [-0.15, -0.1) is 11.3 Å². The minimum atomic E-state index is -0.404. The SMILES string of the molecule is Cc1nc(C(NC(=O)c2sc3ccccc3c2C)c2ccccc2)n[nH]1. The Morgan fingerprint density at radius 1 is 1.08 bits per heavy atom. The van der Waals surface area contributed by atoms with Crippen LogP contribution in [0.25, 0.3) is 10.1 Å². The van der Waals surface area contributed by atoms with Crippen LogP contribution in [-0.2, 0) is 0 Å². The molecule has 0 saturated heterocycles. The number of H-pyrrole nitrogens is 1. The van der Waals surface area contributed by atoms with E-state index < -0.39 is 6.04 Å². The Labute approximate surface area is 155 Å². The van der Waals surface area contributed by atoms with Gasteiger partial charge in [0, 0.05) is 4.70 Å². The minimum absolute atomic E-state index is 0.111. The highest BCUT2D eigenvalue weighted by Gasteiger charge is 2.23. The van der Waals surface area contributed by atoms with Crippen LogP contribution < -0.4 is 5.32 Å². The topological polar surface area (TPSA) is 70.7 Å². The second-order valence-corrected chi connectivity index (χ2v) is 7.20. The van der Waals surface area contributed by atoms with E-state index >= 15 is 0 Å². The van der Waals surface area contributed by atoms with Crippen LogP contribution in [0.5, 0.6) is 0 Å². The number of rotatable bonds is 4. The molecule has 0 fully saturated rings. The molecule has 2 aromatic heterocycles. The molecule has 2 N–H and O–H groups in total. The number of benzene rings is 2. The third-order valence-corrected chi connectivity index (χ3v) is 5.60. The van der Waals surface area contributed by atoms with Crippen LogP contribution in [0.15, 0.2) is 54.6 Å². The number of nitrogens with one attached hydrogen (secondary N) is 2. The first kappa shape index (κ1) is 16.5. The molecule has 2 aromatic carbocycles. The lowest BCUT2D eigenvalue weighted by molar-refractivity contribution is 0.0945. The molecular formula is C20H18N4OS. The van der Waals surface area contributed by atoms with Crippen molar-refractivity contribution in [2.45, 2.75) is 19.9 Å². The molecule has 6 heteroatoms. The zero-order valence-corrected chi connectivity index (χ0v) is 15.3. The van der Waals surface area contributed by atoms with Crippen molar-refractivity contribution in [1.29, 1.82) is 0 Å². The molecule has 26 heavy (non-hydrogen) atoms. The van der Waals surface area contributed by atoms with Gasteiger partial charge in [0.15, 0.2) is 5.82 Å². The number of aromatic nitrogens is 3. The summed E-state index contributed by atoms with van der Waals surface area (Å²) >= 11 is 1.51. The Morgan fingerprint density at radius 2 is 1.81 bits per heavy atom. The molecule has 0 radical (unpaired) electrons. The number of aryl methyl sites for hydroxylation is 2. The van der Waals surface area contributed by atoms with E-state index in [2.05, 4.69) is 20.5 Å². The maximum absolute atomic E-state index is 13.0. The van der Waals surface area contributed by atoms with Gasteiger partial charge in [0.25, 0.3) is 5.91 Å². The first-order valence-corrected chi connectivity index (χ1v) is 9.18. The lowest BCUT2D eigenvalue weighted by Gasteiger charge is -2.16. The van der Waals surface area contributed by atoms with Gasteiger partial charge in [-0.3, -0.25) is 9.89 Å². The highest BCUT2D eigenvalue weighted by Crippen LogP contribution is 2.31. The fourth-order valence-electron chi connectivity index (χ4n) is 3.02. The molecule has 1 atom stereocenters. The quantitative estimate of drug-likeness (QED) is 0.573. The van der Waals surface area contributed by atoms with E-state index in [1.165, 1.54) is 11.3 Å². The number of aromatic amines is 1. The van der Waals surface area contributed by atoms with Gasteiger partial charge in [-0.1, -0.05) is 48.5 Å². The fraction of sp³-hybridized carbons (Fsp3) is 0.150. The number of fused-ring (bicyclic) bond motifs is 1. The predicted octanol–water partition coefficient (Wildman–Crippen LogP) is 4.16. The highest BCUT2D eigenvalue weighted by molar-refractivity contribution is 7.21. The Hall–Kier alpha value is -2.99. The molecule has 0 aliphatic heterocycles. The zero-order valence-electron chi connectivity index (χ0n) is 14.5. The van der Waals surface area contributed by atoms with E-state index in [-0.39, 0.29) is 5.91 Å². The normalized spacial score (nSPS) is 12.2. The van der Waals surface area contributed by atoms with Crippen molar-refractivity contribution in [2.24, 2.45) is 0 Å². The number of nitrogens with zero attached hydrogens (tertiary/aromatic N) is 2. The molecule has 2 heterocycles. The molecule has 5 nitrogen and oxygen atoms in total. The van der Waals surface area contributed by atoms with E-state index in [0.29, 0.717) is 11.6 Å². The van der Waals surface area contributed by atoms with Crippen molar-refractivity contribution in [1.82, 2.24) is 20.5 Å². The molecule has 130 valence electrons. The molecule has 0 aliphatic carbocycles. The van der Waals surface area contributed by atoms with Gasteiger partial charge in [-0.25, -0.2) is 4.98 Å². The average Bonchev–Trinajstić information content (AvgIpc) is 3.24. The van der Waals surface area contributed by atoms with E-state index in [1.54, 1.807) is 0 Å². The Balaban J connectivity index is 1.71. The van der Waals surface area contributed by atoms with E-state index in [9.17, 15) is 4.79 Å². The smallest absolute Gasteiger partial charge is 0.262 e. The molecule has 4 aromatic rings. The van der Waals surface area contributed by atoms with Gasteiger partial charge < -0.3 is 5.32 Å². The van der Waals surface area contributed by atoms with E-state index in [4.69, 9.17) is 0 Å². The second kappa shape index (κ2) is 6.72. The molecule has 0 aliphatic rings. The van der Waals surface area contributed by atoms with Crippen molar-refractivity contribution in [3.63, 3.8) is 0 Å². The van der Waals surface area contributed by atoms with Gasteiger partial charge >= 0.3 is 0 Å². The van der Waals surface area contributed by atoms with Crippen molar-refractivity contribution in [3.8, 4) is 0 Å². The van der Waals surface area contributed by atoms with E-state index in [0.717, 1.165) is 26.1 Å². The summed E-state index contributed by atoms with van der Waals surface area (Å²) in [7, 11) is 0. The number of carbonyl (C=O) groups is 1. The summed E-state index contributed by atoms with van der Waals surface area (Å²) in [6.07, 6.45) is 0. The standard InChI is InChI=1S/C20H18N4OS/c1-12-15-10-6-7-11-16(15)26-18(12)20(25)22-17(14-8-4-3-5-9-14)19-21-13(2)23-24-19/h3-11,17H,1-2H3,(H,22,25)(H,21,23,24). The maximum Gasteiger partial charge on any atom is 0.262 e. The second-order valence-electron chi connectivity index (χ2n) is 6.15. The molecule has 4 rings (SSSR count). The average molecular weight is 362 g/mol. The Bertz CT molecular complexity index is 1070. The largest absolute Gasteiger partial charge is 0.337 e. The third-order valence-electron chi connectivity index (χ3n) is 4.33. The van der Waals surface area contributed by atoms with Crippen LogP contribution in [0.2, 0.25) is 0 Å². The first-order valence-electron chi connectivity index (χ1n) is 8.36. The van der Waals surface area contributed by atoms with Crippen molar-refractivity contribution >= 4 is 27.3 Å². The van der Waals surface area contributed by atoms with E-state index in [1.807, 2.05) is 68.4 Å². The Morgan fingerprint density at radius 3 is 2.50 bits per heavy atom. The van der Waals surface area contributed by atoms with Crippen LogP contribution in [0.1, 0.15) is 38.5 Å². The van der Waals surface area contributed by atoms with Gasteiger partial charge in [-0.05, 0) is 36.4 Å². The van der Waals surface area contributed by atoms with Crippen LogP contribution in [0.3, 0.4) is 0 Å². The highest BCUT2D eigenvalue weighted by atomic mass is 32.1.